The summed E-state index contributed by atoms with van der Waals surface area (Å²) in [6.45, 7) is 1.95. The topological polar surface area (TPSA) is 42.0 Å². The lowest BCUT2D eigenvalue weighted by molar-refractivity contribution is -0.118. The summed E-state index contributed by atoms with van der Waals surface area (Å²) in [5.74, 6) is 0.735. The SMILES string of the molecule is Cc1cccnc1NC(=O)C1C=CCCCC1. The van der Waals surface area contributed by atoms with Crippen molar-refractivity contribution in [2.75, 3.05) is 5.32 Å². The Morgan fingerprint density at radius 1 is 1.47 bits per heavy atom. The summed E-state index contributed by atoms with van der Waals surface area (Å²) in [4.78, 5) is 16.3. The molecule has 1 atom stereocenters. The van der Waals surface area contributed by atoms with E-state index >= 15 is 0 Å². The summed E-state index contributed by atoms with van der Waals surface area (Å²) < 4.78 is 0. The fourth-order valence-electron chi connectivity index (χ4n) is 2.03. The van der Waals surface area contributed by atoms with E-state index < -0.39 is 0 Å². The summed E-state index contributed by atoms with van der Waals surface area (Å²) >= 11 is 0. The van der Waals surface area contributed by atoms with E-state index in [2.05, 4.69) is 16.4 Å². The molecule has 0 bridgehead atoms. The second-order valence-corrected chi connectivity index (χ2v) is 4.48. The van der Waals surface area contributed by atoms with Crippen LogP contribution in [0.2, 0.25) is 0 Å². The summed E-state index contributed by atoms with van der Waals surface area (Å²) in [7, 11) is 0. The first-order valence-corrected chi connectivity index (χ1v) is 6.16. The molecule has 2 rings (SSSR count). The first-order valence-electron chi connectivity index (χ1n) is 6.16. The van der Waals surface area contributed by atoms with Crippen molar-refractivity contribution in [1.29, 1.82) is 0 Å². The minimum absolute atomic E-state index is 0.00101. The molecule has 0 saturated heterocycles. The molecule has 1 aliphatic carbocycles. The van der Waals surface area contributed by atoms with Crippen LogP contribution >= 0.6 is 0 Å². The Labute approximate surface area is 102 Å². The van der Waals surface area contributed by atoms with E-state index in [1.165, 1.54) is 6.42 Å². The Kier molecular flexibility index (Phi) is 3.91. The Morgan fingerprint density at radius 3 is 3.18 bits per heavy atom. The molecule has 3 heteroatoms. The monoisotopic (exact) mass is 230 g/mol. The zero-order valence-electron chi connectivity index (χ0n) is 10.1. The van der Waals surface area contributed by atoms with E-state index in [1.807, 2.05) is 25.1 Å². The molecule has 0 spiro atoms. The van der Waals surface area contributed by atoms with Gasteiger partial charge in [-0.3, -0.25) is 4.79 Å². The Balaban J connectivity index is 2.03. The molecule has 1 unspecified atom stereocenters. The number of anilines is 1. The highest BCUT2D eigenvalue weighted by Crippen LogP contribution is 2.19. The van der Waals surface area contributed by atoms with Crippen LogP contribution < -0.4 is 5.32 Å². The van der Waals surface area contributed by atoms with Gasteiger partial charge >= 0.3 is 0 Å². The third-order valence-corrected chi connectivity index (χ3v) is 3.09. The zero-order valence-corrected chi connectivity index (χ0v) is 10.1. The van der Waals surface area contributed by atoms with Crippen molar-refractivity contribution >= 4 is 11.7 Å². The van der Waals surface area contributed by atoms with Gasteiger partial charge in [0.25, 0.3) is 0 Å². The van der Waals surface area contributed by atoms with Crippen molar-refractivity contribution in [1.82, 2.24) is 4.98 Å². The molecule has 1 aliphatic rings. The normalized spacial score (nSPS) is 19.7. The van der Waals surface area contributed by atoms with Crippen molar-refractivity contribution < 1.29 is 4.79 Å². The maximum absolute atomic E-state index is 12.1. The molecule has 1 N–H and O–H groups in total. The first kappa shape index (κ1) is 11.8. The van der Waals surface area contributed by atoms with Gasteiger partial charge in [0.05, 0.1) is 5.92 Å². The second-order valence-electron chi connectivity index (χ2n) is 4.48. The van der Waals surface area contributed by atoms with Gasteiger partial charge in [-0.15, -0.1) is 0 Å². The van der Waals surface area contributed by atoms with Gasteiger partial charge in [0.1, 0.15) is 5.82 Å². The first-order chi connectivity index (χ1) is 8.27. The quantitative estimate of drug-likeness (QED) is 0.793. The van der Waals surface area contributed by atoms with Crippen LogP contribution in [0.3, 0.4) is 0 Å². The molecule has 1 aromatic heterocycles. The minimum Gasteiger partial charge on any atom is -0.310 e. The zero-order chi connectivity index (χ0) is 12.1. The largest absolute Gasteiger partial charge is 0.310 e. The molecule has 17 heavy (non-hydrogen) atoms. The Morgan fingerprint density at radius 2 is 2.35 bits per heavy atom. The third-order valence-electron chi connectivity index (χ3n) is 3.09. The molecular formula is C14H18N2O. The fourth-order valence-corrected chi connectivity index (χ4v) is 2.03. The van der Waals surface area contributed by atoms with Gasteiger partial charge in [-0.25, -0.2) is 4.98 Å². The average molecular weight is 230 g/mol. The number of nitrogens with zero attached hydrogens (tertiary/aromatic N) is 1. The highest BCUT2D eigenvalue weighted by molar-refractivity contribution is 5.93. The molecule has 0 aliphatic heterocycles. The van der Waals surface area contributed by atoms with E-state index in [0.29, 0.717) is 5.82 Å². The van der Waals surface area contributed by atoms with Gasteiger partial charge in [0.2, 0.25) is 5.91 Å². The second kappa shape index (κ2) is 5.62. The fraction of sp³-hybridized carbons (Fsp3) is 0.429. The highest BCUT2D eigenvalue weighted by atomic mass is 16.1. The molecule has 0 fully saturated rings. The maximum Gasteiger partial charge on any atom is 0.232 e. The number of carbonyl (C=O) groups is 1. The summed E-state index contributed by atoms with van der Waals surface area (Å²) in [5, 5.41) is 2.91. The summed E-state index contributed by atoms with van der Waals surface area (Å²) in [6.07, 6.45) is 10.2. The van der Waals surface area contributed by atoms with Crippen molar-refractivity contribution in [2.45, 2.75) is 32.6 Å². The van der Waals surface area contributed by atoms with Crippen LogP contribution in [-0.4, -0.2) is 10.9 Å². The number of amides is 1. The molecule has 1 aromatic rings. The van der Waals surface area contributed by atoms with Gasteiger partial charge in [-0.2, -0.15) is 0 Å². The van der Waals surface area contributed by atoms with Gasteiger partial charge in [0, 0.05) is 6.20 Å². The van der Waals surface area contributed by atoms with Crippen LogP contribution in [0, 0.1) is 12.8 Å². The number of allylic oxidation sites excluding steroid dienone is 1. The molecule has 0 saturated carbocycles. The van der Waals surface area contributed by atoms with Crippen molar-refractivity contribution in [2.24, 2.45) is 5.92 Å². The number of rotatable bonds is 2. The maximum atomic E-state index is 12.1. The smallest absolute Gasteiger partial charge is 0.232 e. The van der Waals surface area contributed by atoms with E-state index in [-0.39, 0.29) is 11.8 Å². The van der Waals surface area contributed by atoms with E-state index in [9.17, 15) is 4.79 Å². The van der Waals surface area contributed by atoms with E-state index in [1.54, 1.807) is 6.20 Å². The number of aryl methyl sites for hydroxylation is 1. The molecule has 1 amide bonds. The third kappa shape index (κ3) is 3.16. The summed E-state index contributed by atoms with van der Waals surface area (Å²) in [5.41, 5.74) is 0.999. The van der Waals surface area contributed by atoms with Gasteiger partial charge < -0.3 is 5.32 Å². The Hall–Kier alpha value is -1.64. The molecule has 0 aromatic carbocycles. The van der Waals surface area contributed by atoms with Crippen LogP contribution in [0.4, 0.5) is 5.82 Å². The molecule has 1 heterocycles. The minimum atomic E-state index is -0.00101. The molecule has 0 radical (unpaired) electrons. The van der Waals surface area contributed by atoms with Crippen molar-refractivity contribution in [3.63, 3.8) is 0 Å². The van der Waals surface area contributed by atoms with Crippen LogP contribution in [0.15, 0.2) is 30.5 Å². The summed E-state index contributed by atoms with van der Waals surface area (Å²) in [6, 6.07) is 3.82. The van der Waals surface area contributed by atoms with Gasteiger partial charge in [-0.1, -0.05) is 24.6 Å². The molecule has 90 valence electrons. The lowest BCUT2D eigenvalue weighted by Gasteiger charge is -2.12. The van der Waals surface area contributed by atoms with Gasteiger partial charge in [-0.05, 0) is 37.8 Å². The lowest BCUT2D eigenvalue weighted by atomic mass is 10.0. The number of aromatic nitrogens is 1. The van der Waals surface area contributed by atoms with E-state index in [0.717, 1.165) is 24.8 Å². The van der Waals surface area contributed by atoms with E-state index in [4.69, 9.17) is 0 Å². The van der Waals surface area contributed by atoms with Crippen LogP contribution in [0.25, 0.3) is 0 Å². The lowest BCUT2D eigenvalue weighted by Crippen LogP contribution is -2.22. The van der Waals surface area contributed by atoms with Gasteiger partial charge in [0.15, 0.2) is 0 Å². The number of hydrogen-bond donors (Lipinski definition) is 1. The number of hydrogen-bond acceptors (Lipinski definition) is 2. The number of pyridine rings is 1. The number of nitrogens with one attached hydrogen (secondary N) is 1. The predicted molar refractivity (Wildman–Crippen MR) is 68.7 cm³/mol. The highest BCUT2D eigenvalue weighted by Gasteiger charge is 2.17. The van der Waals surface area contributed by atoms with Crippen LogP contribution in [0.5, 0.6) is 0 Å². The number of carbonyl (C=O) groups excluding carboxylic acids is 1. The Bertz CT molecular complexity index is 426. The van der Waals surface area contributed by atoms with Crippen LogP contribution in [-0.2, 0) is 4.79 Å². The molecule has 3 nitrogen and oxygen atoms in total. The predicted octanol–water partition coefficient (Wildman–Crippen LogP) is 3.07. The van der Waals surface area contributed by atoms with Crippen molar-refractivity contribution in [3.8, 4) is 0 Å². The van der Waals surface area contributed by atoms with Crippen molar-refractivity contribution in [3.05, 3.63) is 36.0 Å². The van der Waals surface area contributed by atoms with Crippen LogP contribution in [0.1, 0.15) is 31.2 Å². The average Bonchev–Trinajstić information content (AvgIpc) is 2.61. The standard InChI is InChI=1S/C14H18N2O/c1-11-7-6-10-15-13(11)16-14(17)12-8-4-2-3-5-9-12/h4,6-8,10,12H,2-3,5,9H2,1H3,(H,15,16,17). The molecular weight excluding hydrogens is 212 g/mol.